The predicted octanol–water partition coefficient (Wildman–Crippen LogP) is 5.98. The summed E-state index contributed by atoms with van der Waals surface area (Å²) >= 11 is 1.09. The summed E-state index contributed by atoms with van der Waals surface area (Å²) in [6.07, 6.45) is -1.66. The van der Waals surface area contributed by atoms with Crippen LogP contribution in [0.2, 0.25) is 0 Å². The molecule has 0 bridgehead atoms. The summed E-state index contributed by atoms with van der Waals surface area (Å²) in [5, 5.41) is 14.5. The molecule has 2 N–H and O–H groups in total. The van der Waals surface area contributed by atoms with Crippen molar-refractivity contribution in [1.82, 2.24) is 14.9 Å². The lowest BCUT2D eigenvalue weighted by molar-refractivity contribution is -0.126. The lowest BCUT2D eigenvalue weighted by Gasteiger charge is -2.33. The molecule has 0 radical (unpaired) electrons. The number of H-pyrrole nitrogens is 1. The minimum absolute atomic E-state index is 0.207. The zero-order valence-corrected chi connectivity index (χ0v) is 20.6. The van der Waals surface area contributed by atoms with Gasteiger partial charge in [0.15, 0.2) is 0 Å². The van der Waals surface area contributed by atoms with Crippen molar-refractivity contribution in [3.8, 4) is 6.07 Å². The number of benzene rings is 1. The maximum atomic E-state index is 13.0. The molecule has 0 aliphatic carbocycles. The first kappa shape index (κ1) is 24.6. The maximum Gasteiger partial charge on any atom is 0.393 e. The number of aromatic nitrogens is 2. The van der Waals surface area contributed by atoms with Gasteiger partial charge in [0.05, 0.1) is 18.7 Å². The quantitative estimate of drug-likeness (QED) is 0.318. The van der Waals surface area contributed by atoms with Crippen molar-refractivity contribution in [3.63, 3.8) is 0 Å². The van der Waals surface area contributed by atoms with Gasteiger partial charge in [0, 0.05) is 65.7 Å². The van der Waals surface area contributed by atoms with Crippen LogP contribution in [0.25, 0.3) is 21.1 Å². The predicted molar refractivity (Wildman–Crippen MR) is 135 cm³/mol. The van der Waals surface area contributed by atoms with Crippen LogP contribution in [0.1, 0.15) is 34.5 Å². The lowest BCUT2D eigenvalue weighted by Crippen LogP contribution is -2.38. The molecule has 1 aliphatic heterocycles. The van der Waals surface area contributed by atoms with E-state index < -0.39 is 12.6 Å². The number of thiophene rings is 1. The minimum atomic E-state index is -4.25. The Morgan fingerprint density at radius 3 is 2.78 bits per heavy atom. The van der Waals surface area contributed by atoms with E-state index in [2.05, 4.69) is 38.4 Å². The molecule has 4 heterocycles. The van der Waals surface area contributed by atoms with Gasteiger partial charge in [-0.3, -0.25) is 4.90 Å². The second kappa shape index (κ2) is 10.1. The van der Waals surface area contributed by atoms with Crippen LogP contribution in [0.3, 0.4) is 0 Å². The zero-order valence-electron chi connectivity index (χ0n) is 19.8. The van der Waals surface area contributed by atoms with Crippen molar-refractivity contribution in [2.45, 2.75) is 44.6 Å². The molecule has 0 amide bonds. The Labute approximate surface area is 210 Å². The van der Waals surface area contributed by atoms with Crippen LogP contribution in [0.4, 0.5) is 18.9 Å². The van der Waals surface area contributed by atoms with Gasteiger partial charge in [0.2, 0.25) is 0 Å². The molecule has 1 fully saturated rings. The molecule has 3 aromatic heterocycles. The van der Waals surface area contributed by atoms with Gasteiger partial charge in [-0.15, -0.1) is 11.3 Å². The number of nitriles is 1. The Morgan fingerprint density at radius 2 is 2.06 bits per heavy atom. The van der Waals surface area contributed by atoms with Crippen LogP contribution < -0.4 is 5.32 Å². The number of anilines is 1. The summed E-state index contributed by atoms with van der Waals surface area (Å²) in [4.78, 5) is 10.8. The normalized spacial score (nSPS) is 15.5. The number of halogens is 3. The number of likely N-dealkylation sites (tertiary alicyclic amines) is 1. The number of fused-ring (bicyclic) bond motifs is 2. The molecule has 188 valence electrons. The number of pyridine rings is 1. The van der Waals surface area contributed by atoms with Crippen LogP contribution in [0, 0.1) is 11.3 Å². The number of ether oxygens (including phenoxy) is 1. The Kier molecular flexibility index (Phi) is 6.88. The second-order valence-corrected chi connectivity index (χ2v) is 10.3. The molecule has 1 aliphatic rings. The fourth-order valence-corrected chi connectivity index (χ4v) is 5.88. The zero-order chi connectivity index (χ0) is 25.3. The van der Waals surface area contributed by atoms with E-state index in [4.69, 9.17) is 10.00 Å². The number of rotatable bonds is 7. The highest BCUT2D eigenvalue weighted by Crippen LogP contribution is 2.36. The SMILES string of the molecule is COCc1cnc2sc(CC(F)(F)F)cc2c1NC1CCN(Cc2ccc3[nH]c(C#N)cc3c2)CC1. The third kappa shape index (κ3) is 5.48. The molecular weight excluding hydrogens is 487 g/mol. The second-order valence-electron chi connectivity index (χ2n) is 9.23. The van der Waals surface area contributed by atoms with E-state index in [-0.39, 0.29) is 10.9 Å². The molecule has 0 spiro atoms. The first-order chi connectivity index (χ1) is 17.3. The number of nitrogens with one attached hydrogen (secondary N) is 2. The fourth-order valence-electron chi connectivity index (χ4n) is 4.84. The van der Waals surface area contributed by atoms with Gasteiger partial charge in [0.25, 0.3) is 0 Å². The standard InChI is InChI=1S/C26H26F3N5OS/c1-35-15-18-13-31-25-22(10-21(36-25)11-26(27,28)29)24(18)33-19-4-6-34(7-5-19)14-16-2-3-23-17(8-16)9-20(12-30)32-23/h2-3,8-10,13,19,32H,4-7,11,14-15H2,1H3,(H,31,33). The number of nitrogens with zero attached hydrogens (tertiary/aromatic N) is 3. The number of piperidine rings is 1. The van der Waals surface area contributed by atoms with Gasteiger partial charge in [-0.05, 0) is 42.7 Å². The molecule has 1 aromatic carbocycles. The average Bonchev–Trinajstić information content (AvgIpc) is 3.43. The van der Waals surface area contributed by atoms with Gasteiger partial charge in [-0.25, -0.2) is 4.98 Å². The van der Waals surface area contributed by atoms with E-state index in [0.29, 0.717) is 17.1 Å². The molecule has 10 heteroatoms. The van der Waals surface area contributed by atoms with Gasteiger partial charge in [-0.1, -0.05) is 6.07 Å². The molecule has 6 nitrogen and oxygen atoms in total. The lowest BCUT2D eigenvalue weighted by atomic mass is 10.0. The Hall–Kier alpha value is -3.13. The summed E-state index contributed by atoms with van der Waals surface area (Å²) in [7, 11) is 1.60. The summed E-state index contributed by atoms with van der Waals surface area (Å²) in [6, 6.07) is 12.1. The van der Waals surface area contributed by atoms with E-state index in [0.717, 1.165) is 71.4 Å². The van der Waals surface area contributed by atoms with Crippen molar-refractivity contribution in [2.75, 3.05) is 25.5 Å². The van der Waals surface area contributed by atoms with Crippen LogP contribution >= 0.6 is 11.3 Å². The average molecular weight is 514 g/mol. The third-order valence-corrected chi connectivity index (χ3v) is 7.56. The van der Waals surface area contributed by atoms with Crippen LogP contribution in [0.15, 0.2) is 36.5 Å². The van der Waals surface area contributed by atoms with Gasteiger partial charge >= 0.3 is 6.18 Å². The Bertz CT molecular complexity index is 1410. The van der Waals surface area contributed by atoms with E-state index in [9.17, 15) is 13.2 Å². The molecule has 0 atom stereocenters. The van der Waals surface area contributed by atoms with Crippen molar-refractivity contribution < 1.29 is 17.9 Å². The molecule has 0 unspecified atom stereocenters. The Morgan fingerprint density at radius 1 is 1.25 bits per heavy atom. The third-order valence-electron chi connectivity index (χ3n) is 6.51. The number of alkyl halides is 3. The highest BCUT2D eigenvalue weighted by Gasteiger charge is 2.29. The number of hydrogen-bond acceptors (Lipinski definition) is 6. The van der Waals surface area contributed by atoms with E-state index in [1.807, 2.05) is 12.1 Å². The largest absolute Gasteiger partial charge is 0.393 e. The molecule has 0 saturated carbocycles. The molecular formula is C26H26F3N5OS. The van der Waals surface area contributed by atoms with E-state index >= 15 is 0 Å². The number of aromatic amines is 1. The van der Waals surface area contributed by atoms with E-state index in [1.165, 1.54) is 5.56 Å². The van der Waals surface area contributed by atoms with Crippen LogP contribution in [-0.2, 0) is 24.3 Å². The topological polar surface area (TPSA) is 77.0 Å². The Balaban J connectivity index is 1.27. The first-order valence-corrected chi connectivity index (χ1v) is 12.6. The minimum Gasteiger partial charge on any atom is -0.381 e. The fraction of sp³-hybridized carbons (Fsp3) is 0.385. The maximum absolute atomic E-state index is 13.0. The van der Waals surface area contributed by atoms with Crippen molar-refractivity contribution >= 4 is 38.1 Å². The summed E-state index contributed by atoms with van der Waals surface area (Å²) in [6.45, 7) is 2.98. The van der Waals surface area contributed by atoms with Gasteiger partial charge in [0.1, 0.15) is 16.6 Å². The summed E-state index contributed by atoms with van der Waals surface area (Å²) in [5.41, 5.74) is 4.39. The monoisotopic (exact) mass is 513 g/mol. The number of methoxy groups -OCH3 is 1. The highest BCUT2D eigenvalue weighted by atomic mass is 32.1. The first-order valence-electron chi connectivity index (χ1n) is 11.8. The van der Waals surface area contributed by atoms with Crippen molar-refractivity contribution in [1.29, 1.82) is 5.26 Å². The van der Waals surface area contributed by atoms with E-state index in [1.54, 1.807) is 19.4 Å². The van der Waals surface area contributed by atoms with Gasteiger partial charge < -0.3 is 15.0 Å². The van der Waals surface area contributed by atoms with Crippen molar-refractivity contribution in [3.05, 3.63) is 58.2 Å². The molecule has 4 aromatic rings. The molecule has 36 heavy (non-hydrogen) atoms. The molecule has 5 rings (SSSR count). The summed E-state index contributed by atoms with van der Waals surface area (Å²) in [5.74, 6) is 0. The number of hydrogen-bond donors (Lipinski definition) is 2. The summed E-state index contributed by atoms with van der Waals surface area (Å²) < 4.78 is 44.2. The van der Waals surface area contributed by atoms with Crippen LogP contribution in [-0.4, -0.2) is 47.3 Å². The highest BCUT2D eigenvalue weighted by molar-refractivity contribution is 7.18. The van der Waals surface area contributed by atoms with Crippen molar-refractivity contribution in [2.24, 2.45) is 0 Å². The smallest absolute Gasteiger partial charge is 0.381 e. The van der Waals surface area contributed by atoms with Gasteiger partial charge in [-0.2, -0.15) is 18.4 Å². The van der Waals surface area contributed by atoms with Crippen LogP contribution in [0.5, 0.6) is 0 Å². The molecule has 1 saturated heterocycles.